The molecule has 1 amide bonds. The van der Waals surface area contributed by atoms with E-state index in [9.17, 15) is 13.2 Å². The first-order chi connectivity index (χ1) is 10.2. The maximum Gasteiger partial charge on any atom is 0.251 e. The van der Waals surface area contributed by atoms with Gasteiger partial charge < -0.3 is 11.1 Å². The quantitative estimate of drug-likeness (QED) is 0.767. The maximum atomic E-state index is 12.3. The maximum absolute atomic E-state index is 12.3. The SMILES string of the molecule is CC(CN)CNC(=O)c1ccc(S(=O)(=O)N(C)C(C)C)cc1.Cl. The van der Waals surface area contributed by atoms with E-state index >= 15 is 0 Å². The molecule has 1 unspecified atom stereocenters. The van der Waals surface area contributed by atoms with Crippen LogP contribution >= 0.6 is 12.4 Å². The Balaban J connectivity index is 0.00000484. The molecule has 0 saturated heterocycles. The molecule has 8 heteroatoms. The molecule has 1 rings (SSSR count). The van der Waals surface area contributed by atoms with Gasteiger partial charge in [0.2, 0.25) is 10.0 Å². The van der Waals surface area contributed by atoms with Gasteiger partial charge in [0.15, 0.2) is 0 Å². The lowest BCUT2D eigenvalue weighted by Gasteiger charge is -2.21. The minimum absolute atomic E-state index is 0. The molecule has 0 radical (unpaired) electrons. The summed E-state index contributed by atoms with van der Waals surface area (Å²) in [4.78, 5) is 12.1. The molecule has 0 aromatic heterocycles. The zero-order valence-corrected chi connectivity index (χ0v) is 15.6. The minimum atomic E-state index is -3.53. The average molecular weight is 364 g/mol. The van der Waals surface area contributed by atoms with Crippen molar-refractivity contribution < 1.29 is 13.2 Å². The van der Waals surface area contributed by atoms with E-state index in [0.717, 1.165) is 0 Å². The van der Waals surface area contributed by atoms with Crippen molar-refractivity contribution in [1.29, 1.82) is 0 Å². The molecule has 6 nitrogen and oxygen atoms in total. The number of nitrogens with one attached hydrogen (secondary N) is 1. The molecule has 0 aliphatic heterocycles. The van der Waals surface area contributed by atoms with Gasteiger partial charge in [0, 0.05) is 25.2 Å². The van der Waals surface area contributed by atoms with Gasteiger partial charge in [-0.25, -0.2) is 8.42 Å². The van der Waals surface area contributed by atoms with Crippen LogP contribution in [-0.2, 0) is 10.0 Å². The van der Waals surface area contributed by atoms with E-state index in [1.165, 1.54) is 35.6 Å². The number of hydrogen-bond donors (Lipinski definition) is 2. The first-order valence-corrected chi connectivity index (χ1v) is 8.70. The summed E-state index contributed by atoms with van der Waals surface area (Å²) in [6.45, 7) is 6.54. The summed E-state index contributed by atoms with van der Waals surface area (Å²) < 4.78 is 25.9. The van der Waals surface area contributed by atoms with Crippen LogP contribution in [0.25, 0.3) is 0 Å². The van der Waals surface area contributed by atoms with Crippen LogP contribution in [0.3, 0.4) is 0 Å². The summed E-state index contributed by atoms with van der Waals surface area (Å²) >= 11 is 0. The summed E-state index contributed by atoms with van der Waals surface area (Å²) in [7, 11) is -1.99. The molecule has 1 atom stereocenters. The zero-order valence-electron chi connectivity index (χ0n) is 13.9. The normalized spacial score (nSPS) is 12.8. The monoisotopic (exact) mass is 363 g/mol. The van der Waals surface area contributed by atoms with Crippen molar-refractivity contribution in [2.24, 2.45) is 11.7 Å². The zero-order chi connectivity index (χ0) is 16.9. The fraction of sp³-hybridized carbons (Fsp3) is 0.533. The van der Waals surface area contributed by atoms with Crippen LogP contribution in [0.1, 0.15) is 31.1 Å². The van der Waals surface area contributed by atoms with Crippen molar-refractivity contribution in [2.75, 3.05) is 20.1 Å². The Morgan fingerprint density at radius 2 is 1.74 bits per heavy atom. The third kappa shape index (κ3) is 5.76. The van der Waals surface area contributed by atoms with Gasteiger partial charge in [-0.3, -0.25) is 4.79 Å². The molecule has 23 heavy (non-hydrogen) atoms. The van der Waals surface area contributed by atoms with Gasteiger partial charge in [0.25, 0.3) is 5.91 Å². The topological polar surface area (TPSA) is 92.5 Å². The Hall–Kier alpha value is -1.15. The van der Waals surface area contributed by atoms with Crippen molar-refractivity contribution in [3.05, 3.63) is 29.8 Å². The van der Waals surface area contributed by atoms with Crippen molar-refractivity contribution in [2.45, 2.75) is 31.7 Å². The molecule has 0 fully saturated rings. The van der Waals surface area contributed by atoms with Crippen LogP contribution in [-0.4, -0.2) is 44.8 Å². The number of nitrogens with zero attached hydrogens (tertiary/aromatic N) is 1. The minimum Gasteiger partial charge on any atom is -0.352 e. The van der Waals surface area contributed by atoms with Gasteiger partial charge >= 0.3 is 0 Å². The number of benzene rings is 1. The third-order valence-electron chi connectivity index (χ3n) is 3.53. The smallest absolute Gasteiger partial charge is 0.251 e. The van der Waals surface area contributed by atoms with Crippen molar-refractivity contribution in [3.63, 3.8) is 0 Å². The number of rotatable bonds is 7. The fourth-order valence-corrected chi connectivity index (χ4v) is 3.04. The van der Waals surface area contributed by atoms with Gasteiger partial charge in [-0.2, -0.15) is 4.31 Å². The first-order valence-electron chi connectivity index (χ1n) is 7.26. The molecule has 3 N–H and O–H groups in total. The summed E-state index contributed by atoms with van der Waals surface area (Å²) in [5, 5.41) is 2.77. The number of carbonyl (C=O) groups excluding carboxylic acids is 1. The number of amides is 1. The highest BCUT2D eigenvalue weighted by molar-refractivity contribution is 7.89. The molecule has 0 bridgehead atoms. The van der Waals surface area contributed by atoms with Crippen molar-refractivity contribution in [1.82, 2.24) is 9.62 Å². The molecule has 1 aromatic rings. The fourth-order valence-electron chi connectivity index (χ4n) is 1.67. The second-order valence-corrected chi connectivity index (χ2v) is 7.69. The Kier molecular flexibility index (Phi) is 8.76. The molecular weight excluding hydrogens is 338 g/mol. The highest BCUT2D eigenvalue weighted by atomic mass is 35.5. The molecule has 132 valence electrons. The van der Waals surface area contributed by atoms with Crippen LogP contribution < -0.4 is 11.1 Å². The van der Waals surface area contributed by atoms with Crippen molar-refractivity contribution in [3.8, 4) is 0 Å². The first kappa shape index (κ1) is 21.9. The van der Waals surface area contributed by atoms with Crippen LogP contribution in [0.5, 0.6) is 0 Å². The van der Waals surface area contributed by atoms with E-state index in [-0.39, 0.29) is 35.2 Å². The van der Waals surface area contributed by atoms with Gasteiger partial charge in [0.05, 0.1) is 4.90 Å². The van der Waals surface area contributed by atoms with E-state index in [0.29, 0.717) is 18.7 Å². The average Bonchev–Trinajstić information content (AvgIpc) is 2.51. The number of sulfonamides is 1. The number of carbonyl (C=O) groups is 1. The molecule has 1 aromatic carbocycles. The van der Waals surface area contributed by atoms with Crippen LogP contribution in [0, 0.1) is 5.92 Å². The molecular formula is C15H26ClN3O3S. The summed E-state index contributed by atoms with van der Waals surface area (Å²) in [5.74, 6) is -0.0373. The third-order valence-corrected chi connectivity index (χ3v) is 5.58. The lowest BCUT2D eigenvalue weighted by molar-refractivity contribution is 0.0948. The number of nitrogens with two attached hydrogens (primary N) is 1. The van der Waals surface area contributed by atoms with Gasteiger partial charge in [-0.15, -0.1) is 12.4 Å². The lowest BCUT2D eigenvalue weighted by atomic mass is 10.1. The van der Waals surface area contributed by atoms with Crippen LogP contribution in [0.2, 0.25) is 0 Å². The molecule has 0 heterocycles. The summed E-state index contributed by atoms with van der Waals surface area (Å²) in [5.41, 5.74) is 5.92. The van der Waals surface area contributed by atoms with E-state index in [4.69, 9.17) is 5.73 Å². The predicted molar refractivity (Wildman–Crippen MR) is 94.3 cm³/mol. The van der Waals surface area contributed by atoms with E-state index in [1.807, 2.05) is 6.92 Å². The highest BCUT2D eigenvalue weighted by Crippen LogP contribution is 2.17. The molecule has 0 spiro atoms. The standard InChI is InChI=1S/C15H25N3O3S.ClH/c1-11(2)18(4)22(20,21)14-7-5-13(6-8-14)15(19)17-10-12(3)9-16;/h5-8,11-12H,9-10,16H2,1-4H3,(H,17,19);1H. The Labute approximate surface area is 144 Å². The summed E-state index contributed by atoms with van der Waals surface area (Å²) in [6, 6.07) is 5.81. The van der Waals surface area contributed by atoms with E-state index < -0.39 is 10.0 Å². The number of hydrogen-bond acceptors (Lipinski definition) is 4. The second kappa shape index (κ2) is 9.22. The summed E-state index contributed by atoms with van der Waals surface area (Å²) in [6.07, 6.45) is 0. The Bertz CT molecular complexity index is 603. The van der Waals surface area contributed by atoms with Gasteiger partial charge in [-0.05, 0) is 50.6 Å². The second-order valence-electron chi connectivity index (χ2n) is 5.69. The molecule has 0 saturated carbocycles. The number of halogens is 1. The van der Waals surface area contributed by atoms with Crippen molar-refractivity contribution >= 4 is 28.3 Å². The highest BCUT2D eigenvalue weighted by Gasteiger charge is 2.23. The van der Waals surface area contributed by atoms with E-state index in [1.54, 1.807) is 13.8 Å². The Morgan fingerprint density at radius 1 is 1.22 bits per heavy atom. The van der Waals surface area contributed by atoms with E-state index in [2.05, 4.69) is 5.32 Å². The lowest BCUT2D eigenvalue weighted by Crippen LogP contribution is -2.33. The van der Waals surface area contributed by atoms with Gasteiger partial charge in [-0.1, -0.05) is 6.92 Å². The Morgan fingerprint density at radius 3 is 2.17 bits per heavy atom. The van der Waals surface area contributed by atoms with Crippen LogP contribution in [0.15, 0.2) is 29.2 Å². The van der Waals surface area contributed by atoms with Crippen LogP contribution in [0.4, 0.5) is 0 Å². The molecule has 0 aliphatic rings. The predicted octanol–water partition coefficient (Wildman–Crippen LogP) is 1.46. The largest absolute Gasteiger partial charge is 0.352 e. The van der Waals surface area contributed by atoms with Gasteiger partial charge in [0.1, 0.15) is 0 Å². The molecule has 0 aliphatic carbocycles.